The average Bonchev–Trinajstić information content (AvgIpc) is 2.74. The van der Waals surface area contributed by atoms with Crippen LogP contribution in [0, 0.1) is 0 Å². The number of aromatic amines is 1. The Morgan fingerprint density at radius 2 is 1.71 bits per heavy atom. The second-order valence-electron chi connectivity index (χ2n) is 7.19. The van der Waals surface area contributed by atoms with Crippen molar-refractivity contribution in [1.29, 1.82) is 0 Å². The largest absolute Gasteiger partial charge is 0.350 e. The van der Waals surface area contributed by atoms with E-state index in [2.05, 4.69) is 25.8 Å². The summed E-state index contributed by atoms with van der Waals surface area (Å²) in [6.07, 6.45) is 0. The number of aromatic nitrogens is 3. The third-order valence-electron chi connectivity index (χ3n) is 2.64. The predicted molar refractivity (Wildman–Crippen MR) is 79.9 cm³/mol. The van der Waals surface area contributed by atoms with Crippen LogP contribution in [0.2, 0.25) is 0 Å². The second-order valence-corrected chi connectivity index (χ2v) is 7.19. The Kier molecular flexibility index (Phi) is 4.76. The Hall–Kier alpha value is -1.92. The number of hydrogen-bond donors (Lipinski definition) is 3. The Labute approximate surface area is 125 Å². The van der Waals surface area contributed by atoms with Crippen LogP contribution in [0.3, 0.4) is 0 Å². The molecule has 0 bridgehead atoms. The molecule has 0 aliphatic heterocycles. The molecule has 0 radical (unpaired) electrons. The summed E-state index contributed by atoms with van der Waals surface area (Å²) < 4.78 is 0. The van der Waals surface area contributed by atoms with E-state index in [1.807, 2.05) is 41.5 Å². The van der Waals surface area contributed by atoms with Gasteiger partial charge in [-0.3, -0.25) is 14.7 Å². The number of rotatable bonds is 3. The number of nitrogens with zero attached hydrogens (tertiary/aromatic N) is 2. The van der Waals surface area contributed by atoms with Crippen molar-refractivity contribution >= 4 is 11.8 Å². The molecule has 0 aliphatic carbocycles. The molecule has 0 saturated heterocycles. The lowest BCUT2D eigenvalue weighted by Crippen LogP contribution is -2.51. The van der Waals surface area contributed by atoms with E-state index in [-0.39, 0.29) is 22.7 Å². The molecule has 2 amide bonds. The fraction of sp³-hybridized carbons (Fsp3) is 0.714. The van der Waals surface area contributed by atoms with Crippen molar-refractivity contribution in [2.45, 2.75) is 65.5 Å². The van der Waals surface area contributed by atoms with Gasteiger partial charge in [-0.2, -0.15) is 0 Å². The molecule has 1 unspecified atom stereocenters. The highest BCUT2D eigenvalue weighted by atomic mass is 16.2. The normalized spacial score (nSPS) is 13.7. The standard InChI is InChI=1S/C14H25N5O2/c1-8(10(20)17-14(5,6)7)15-11(21)9-16-12(19-18-9)13(2,3)4/h8H,1-7H3,(H,15,21)(H,17,20)(H,16,18,19). The summed E-state index contributed by atoms with van der Waals surface area (Å²) in [5.74, 6) is -0.0597. The lowest BCUT2D eigenvalue weighted by molar-refractivity contribution is -0.124. The molecule has 0 fully saturated rings. The third-order valence-corrected chi connectivity index (χ3v) is 2.64. The Bertz CT molecular complexity index is 522. The van der Waals surface area contributed by atoms with E-state index >= 15 is 0 Å². The number of hydrogen-bond acceptors (Lipinski definition) is 4. The topological polar surface area (TPSA) is 99.8 Å². The Morgan fingerprint density at radius 3 is 2.14 bits per heavy atom. The van der Waals surface area contributed by atoms with Crippen LogP contribution in [0.1, 0.15) is 64.9 Å². The van der Waals surface area contributed by atoms with Crippen LogP contribution in [0.25, 0.3) is 0 Å². The lowest BCUT2D eigenvalue weighted by atomic mass is 9.96. The number of H-pyrrole nitrogens is 1. The van der Waals surface area contributed by atoms with Crippen molar-refractivity contribution in [3.05, 3.63) is 11.6 Å². The van der Waals surface area contributed by atoms with Crippen LogP contribution >= 0.6 is 0 Å². The van der Waals surface area contributed by atoms with Gasteiger partial charge < -0.3 is 10.6 Å². The third kappa shape index (κ3) is 5.17. The van der Waals surface area contributed by atoms with Gasteiger partial charge in [-0.05, 0) is 27.7 Å². The molecule has 7 heteroatoms. The van der Waals surface area contributed by atoms with Gasteiger partial charge in [0.25, 0.3) is 5.91 Å². The van der Waals surface area contributed by atoms with Crippen LogP contribution in [-0.2, 0) is 10.2 Å². The molecule has 0 aliphatic rings. The summed E-state index contributed by atoms with van der Waals surface area (Å²) in [6.45, 7) is 13.2. The minimum Gasteiger partial charge on any atom is -0.350 e. The van der Waals surface area contributed by atoms with E-state index in [1.54, 1.807) is 6.92 Å². The van der Waals surface area contributed by atoms with E-state index in [1.165, 1.54) is 0 Å². The zero-order valence-corrected chi connectivity index (χ0v) is 13.8. The SMILES string of the molecule is CC(NC(=O)c1n[nH]c(C(C)(C)C)n1)C(=O)NC(C)(C)C. The fourth-order valence-corrected chi connectivity index (χ4v) is 1.50. The summed E-state index contributed by atoms with van der Waals surface area (Å²) in [4.78, 5) is 28.1. The van der Waals surface area contributed by atoms with E-state index in [0.717, 1.165) is 0 Å². The molecule has 7 nitrogen and oxygen atoms in total. The molecule has 118 valence electrons. The molecule has 0 saturated carbocycles. The molecule has 1 heterocycles. The first-order valence-electron chi connectivity index (χ1n) is 6.96. The Morgan fingerprint density at radius 1 is 1.14 bits per heavy atom. The zero-order chi connectivity index (χ0) is 16.4. The quantitative estimate of drug-likeness (QED) is 0.778. The molecule has 1 atom stereocenters. The van der Waals surface area contributed by atoms with E-state index in [9.17, 15) is 9.59 Å². The molecule has 1 aromatic rings. The molecule has 3 N–H and O–H groups in total. The van der Waals surface area contributed by atoms with E-state index < -0.39 is 11.9 Å². The van der Waals surface area contributed by atoms with Gasteiger partial charge in [0.1, 0.15) is 11.9 Å². The maximum Gasteiger partial charge on any atom is 0.291 e. The van der Waals surface area contributed by atoms with E-state index in [4.69, 9.17) is 0 Å². The van der Waals surface area contributed by atoms with Crippen LogP contribution in [0.15, 0.2) is 0 Å². The van der Waals surface area contributed by atoms with Crippen molar-refractivity contribution in [3.63, 3.8) is 0 Å². The minimum absolute atomic E-state index is 0.0373. The number of carbonyl (C=O) groups is 2. The molecule has 1 rings (SSSR count). The van der Waals surface area contributed by atoms with Crippen molar-refractivity contribution in [3.8, 4) is 0 Å². The second kappa shape index (κ2) is 5.83. The molecule has 21 heavy (non-hydrogen) atoms. The van der Waals surface area contributed by atoms with Crippen LogP contribution in [0.5, 0.6) is 0 Å². The minimum atomic E-state index is -0.659. The highest BCUT2D eigenvalue weighted by Crippen LogP contribution is 2.17. The molecule has 1 aromatic heterocycles. The predicted octanol–water partition coefficient (Wildman–Crippen LogP) is 1.14. The van der Waals surface area contributed by atoms with Crippen molar-refractivity contribution < 1.29 is 9.59 Å². The Balaban J connectivity index is 2.69. The van der Waals surface area contributed by atoms with Gasteiger partial charge in [-0.25, -0.2) is 4.98 Å². The smallest absolute Gasteiger partial charge is 0.291 e. The summed E-state index contributed by atoms with van der Waals surface area (Å²) in [7, 11) is 0. The van der Waals surface area contributed by atoms with Gasteiger partial charge in [0, 0.05) is 11.0 Å². The summed E-state index contributed by atoms with van der Waals surface area (Å²) in [5.41, 5.74) is -0.569. The van der Waals surface area contributed by atoms with Gasteiger partial charge in [0.15, 0.2) is 0 Å². The summed E-state index contributed by atoms with van der Waals surface area (Å²) in [6, 6.07) is -0.659. The highest BCUT2D eigenvalue weighted by Gasteiger charge is 2.24. The maximum atomic E-state index is 12.0. The monoisotopic (exact) mass is 295 g/mol. The first-order chi connectivity index (χ1) is 9.40. The number of nitrogens with one attached hydrogen (secondary N) is 3. The van der Waals surface area contributed by atoms with Gasteiger partial charge in [0.05, 0.1) is 0 Å². The zero-order valence-electron chi connectivity index (χ0n) is 13.8. The van der Waals surface area contributed by atoms with Crippen LogP contribution in [-0.4, -0.2) is 38.6 Å². The number of amides is 2. The van der Waals surface area contributed by atoms with Gasteiger partial charge in [-0.15, -0.1) is 5.10 Å². The van der Waals surface area contributed by atoms with Crippen LogP contribution < -0.4 is 10.6 Å². The van der Waals surface area contributed by atoms with Gasteiger partial charge in [-0.1, -0.05) is 20.8 Å². The maximum absolute atomic E-state index is 12.0. The van der Waals surface area contributed by atoms with Crippen molar-refractivity contribution in [2.24, 2.45) is 0 Å². The fourth-order valence-electron chi connectivity index (χ4n) is 1.50. The van der Waals surface area contributed by atoms with Gasteiger partial charge >= 0.3 is 0 Å². The summed E-state index contributed by atoms with van der Waals surface area (Å²) in [5, 5.41) is 12.0. The molecular formula is C14H25N5O2. The molecule has 0 spiro atoms. The number of carbonyl (C=O) groups excluding carboxylic acids is 2. The lowest BCUT2D eigenvalue weighted by Gasteiger charge is -2.23. The van der Waals surface area contributed by atoms with Gasteiger partial charge in [0.2, 0.25) is 11.7 Å². The van der Waals surface area contributed by atoms with Crippen LogP contribution in [0.4, 0.5) is 0 Å². The van der Waals surface area contributed by atoms with Crippen molar-refractivity contribution in [2.75, 3.05) is 0 Å². The highest BCUT2D eigenvalue weighted by molar-refractivity contribution is 5.94. The average molecular weight is 295 g/mol. The molecule has 0 aromatic carbocycles. The van der Waals surface area contributed by atoms with E-state index in [0.29, 0.717) is 5.82 Å². The first-order valence-corrected chi connectivity index (χ1v) is 6.96. The molecular weight excluding hydrogens is 270 g/mol. The van der Waals surface area contributed by atoms with Crippen molar-refractivity contribution in [1.82, 2.24) is 25.8 Å². The first kappa shape index (κ1) is 17.1. The summed E-state index contributed by atoms with van der Waals surface area (Å²) >= 11 is 0.